The number of urea groups is 1. The lowest BCUT2D eigenvalue weighted by Crippen LogP contribution is -2.42. The summed E-state index contributed by atoms with van der Waals surface area (Å²) >= 11 is 5.96. The Kier molecular flexibility index (Phi) is 7.81. The third-order valence-electron chi connectivity index (χ3n) is 7.20. The fraction of sp³-hybridized carbons (Fsp3) is 0.345. The van der Waals surface area contributed by atoms with E-state index in [2.05, 4.69) is 10.2 Å². The van der Waals surface area contributed by atoms with Crippen LogP contribution >= 0.6 is 11.6 Å². The van der Waals surface area contributed by atoms with Crippen LogP contribution in [-0.2, 0) is 6.18 Å². The summed E-state index contributed by atoms with van der Waals surface area (Å²) < 4.78 is 46.1. The second kappa shape index (κ2) is 11.3. The number of rotatable bonds is 7. The minimum Gasteiger partial charge on any atom is -0.457 e. The predicted octanol–water partition coefficient (Wildman–Crippen LogP) is 7.44. The summed E-state index contributed by atoms with van der Waals surface area (Å²) in [4.78, 5) is 17.0. The molecule has 200 valence electrons. The Labute approximate surface area is 225 Å². The first-order valence-electron chi connectivity index (χ1n) is 12.8. The van der Waals surface area contributed by atoms with Crippen LogP contribution in [0.1, 0.15) is 48.0 Å². The molecule has 2 fully saturated rings. The van der Waals surface area contributed by atoms with Crippen LogP contribution in [0.4, 0.5) is 18.0 Å². The van der Waals surface area contributed by atoms with Crippen molar-refractivity contribution in [2.75, 3.05) is 26.2 Å². The largest absolute Gasteiger partial charge is 0.457 e. The molecule has 0 bridgehead atoms. The maximum absolute atomic E-state index is 13.4. The van der Waals surface area contributed by atoms with Crippen LogP contribution in [0.2, 0.25) is 5.02 Å². The highest BCUT2D eigenvalue weighted by molar-refractivity contribution is 6.30. The van der Waals surface area contributed by atoms with Gasteiger partial charge in [-0.2, -0.15) is 13.2 Å². The van der Waals surface area contributed by atoms with E-state index in [9.17, 15) is 18.0 Å². The number of hydrogen-bond acceptors (Lipinski definition) is 3. The summed E-state index contributed by atoms with van der Waals surface area (Å²) in [6.45, 7) is 2.43. The number of amides is 2. The molecule has 3 aromatic carbocycles. The number of benzene rings is 3. The van der Waals surface area contributed by atoms with E-state index in [0.29, 0.717) is 28.6 Å². The van der Waals surface area contributed by atoms with Crippen LogP contribution in [0.5, 0.6) is 11.5 Å². The van der Waals surface area contributed by atoms with Crippen molar-refractivity contribution in [2.45, 2.75) is 37.5 Å². The van der Waals surface area contributed by atoms with Gasteiger partial charge in [0.25, 0.3) is 0 Å². The Balaban J connectivity index is 1.39. The van der Waals surface area contributed by atoms with Crippen molar-refractivity contribution in [1.82, 2.24) is 15.1 Å². The Hall–Kier alpha value is -3.23. The van der Waals surface area contributed by atoms with E-state index in [1.165, 1.54) is 6.07 Å². The summed E-state index contributed by atoms with van der Waals surface area (Å²) in [5.74, 6) is 1.35. The fourth-order valence-electron chi connectivity index (χ4n) is 5.21. The summed E-state index contributed by atoms with van der Waals surface area (Å²) in [6.07, 6.45) is -1.15. The lowest BCUT2D eigenvalue weighted by atomic mass is 9.99. The van der Waals surface area contributed by atoms with E-state index < -0.39 is 17.8 Å². The first-order valence-corrected chi connectivity index (χ1v) is 13.1. The topological polar surface area (TPSA) is 44.8 Å². The number of nitrogens with one attached hydrogen (secondary N) is 1. The average molecular weight is 544 g/mol. The van der Waals surface area contributed by atoms with Crippen molar-refractivity contribution in [3.63, 3.8) is 0 Å². The van der Waals surface area contributed by atoms with Crippen molar-refractivity contribution in [1.29, 1.82) is 0 Å². The number of carbonyl (C=O) groups is 1. The Morgan fingerprint density at radius 1 is 0.947 bits per heavy atom. The molecule has 5 rings (SSSR count). The summed E-state index contributed by atoms with van der Waals surface area (Å²) in [7, 11) is 0. The van der Waals surface area contributed by atoms with Crippen molar-refractivity contribution in [3.8, 4) is 11.5 Å². The van der Waals surface area contributed by atoms with Crippen LogP contribution in [0.25, 0.3) is 0 Å². The van der Waals surface area contributed by atoms with Gasteiger partial charge in [-0.1, -0.05) is 42.3 Å². The third kappa shape index (κ3) is 6.08. The number of alkyl halides is 3. The minimum absolute atomic E-state index is 0.1000. The zero-order chi connectivity index (χ0) is 26.7. The highest BCUT2D eigenvalue weighted by Gasteiger charge is 2.37. The quantitative estimate of drug-likeness (QED) is 0.337. The average Bonchev–Trinajstić information content (AvgIpc) is 3.29. The molecular formula is C29H29ClF3N3O2. The van der Waals surface area contributed by atoms with Gasteiger partial charge in [0.1, 0.15) is 11.5 Å². The monoisotopic (exact) mass is 543 g/mol. The predicted molar refractivity (Wildman–Crippen MR) is 140 cm³/mol. The maximum Gasteiger partial charge on any atom is 0.416 e. The fourth-order valence-corrected chi connectivity index (χ4v) is 5.34. The van der Waals surface area contributed by atoms with E-state index in [1.54, 1.807) is 35.2 Å². The van der Waals surface area contributed by atoms with Gasteiger partial charge in [0.15, 0.2) is 0 Å². The van der Waals surface area contributed by atoms with E-state index in [4.69, 9.17) is 16.3 Å². The lowest BCUT2D eigenvalue weighted by molar-refractivity contribution is -0.137. The SMILES string of the molecule is O=C1NCC(c2cccc(C(F)(F)F)c2)N1CC(c1ccc(Oc2ccc(Cl)cc2)cc1)N1CCCCC1. The molecule has 2 unspecified atom stereocenters. The zero-order valence-electron chi connectivity index (χ0n) is 20.8. The zero-order valence-corrected chi connectivity index (χ0v) is 21.5. The van der Waals surface area contributed by atoms with Crippen molar-refractivity contribution in [2.24, 2.45) is 0 Å². The third-order valence-corrected chi connectivity index (χ3v) is 7.45. The first-order chi connectivity index (χ1) is 18.3. The molecule has 0 radical (unpaired) electrons. The Morgan fingerprint density at radius 2 is 1.61 bits per heavy atom. The van der Waals surface area contributed by atoms with Gasteiger partial charge in [0.05, 0.1) is 17.6 Å². The summed E-state index contributed by atoms with van der Waals surface area (Å²) in [6, 6.07) is 19.3. The number of hydrogen-bond donors (Lipinski definition) is 1. The second-order valence-electron chi connectivity index (χ2n) is 9.71. The molecule has 2 saturated heterocycles. The molecule has 0 aromatic heterocycles. The van der Waals surface area contributed by atoms with Gasteiger partial charge in [0.2, 0.25) is 0 Å². The van der Waals surface area contributed by atoms with E-state index in [-0.39, 0.29) is 18.6 Å². The van der Waals surface area contributed by atoms with Crippen molar-refractivity contribution in [3.05, 3.63) is 94.5 Å². The van der Waals surface area contributed by atoms with Crippen LogP contribution < -0.4 is 10.1 Å². The van der Waals surface area contributed by atoms with Crippen LogP contribution in [0.3, 0.4) is 0 Å². The van der Waals surface area contributed by atoms with Gasteiger partial charge in [-0.3, -0.25) is 4.90 Å². The van der Waals surface area contributed by atoms with Gasteiger partial charge in [0, 0.05) is 18.1 Å². The molecule has 9 heteroatoms. The van der Waals surface area contributed by atoms with Crippen molar-refractivity contribution < 1.29 is 22.7 Å². The van der Waals surface area contributed by atoms with E-state index in [0.717, 1.165) is 50.0 Å². The molecule has 1 N–H and O–H groups in total. The smallest absolute Gasteiger partial charge is 0.416 e. The van der Waals surface area contributed by atoms with Gasteiger partial charge < -0.3 is 15.0 Å². The van der Waals surface area contributed by atoms with Crippen LogP contribution in [0.15, 0.2) is 72.8 Å². The summed E-state index contributed by atoms with van der Waals surface area (Å²) in [5, 5.41) is 3.47. The molecule has 0 saturated carbocycles. The molecule has 38 heavy (non-hydrogen) atoms. The normalized spacial score (nSPS) is 19.3. The van der Waals surface area contributed by atoms with Crippen LogP contribution in [-0.4, -0.2) is 42.0 Å². The molecule has 2 aliphatic rings. The van der Waals surface area contributed by atoms with Gasteiger partial charge in [-0.05, 0) is 85.6 Å². The minimum atomic E-state index is -4.44. The molecule has 5 nitrogen and oxygen atoms in total. The Bertz CT molecular complexity index is 1250. The molecule has 2 atom stereocenters. The Morgan fingerprint density at radius 3 is 2.26 bits per heavy atom. The highest BCUT2D eigenvalue weighted by Crippen LogP contribution is 2.35. The number of piperidine rings is 1. The van der Waals surface area contributed by atoms with E-state index >= 15 is 0 Å². The second-order valence-corrected chi connectivity index (χ2v) is 10.2. The first kappa shape index (κ1) is 26.4. The van der Waals surface area contributed by atoms with Gasteiger partial charge in [-0.15, -0.1) is 0 Å². The number of halogens is 4. The molecule has 3 aromatic rings. The van der Waals surface area contributed by atoms with Crippen LogP contribution in [0, 0.1) is 0 Å². The molecular weight excluding hydrogens is 515 g/mol. The van der Waals surface area contributed by atoms with E-state index in [1.807, 2.05) is 24.3 Å². The lowest BCUT2D eigenvalue weighted by Gasteiger charge is -2.38. The number of carbonyl (C=O) groups excluding carboxylic acids is 1. The maximum atomic E-state index is 13.4. The van der Waals surface area contributed by atoms with Gasteiger partial charge >= 0.3 is 12.2 Å². The molecule has 2 amide bonds. The summed E-state index contributed by atoms with van der Waals surface area (Å²) in [5.41, 5.74) is 0.790. The van der Waals surface area contributed by atoms with Crippen molar-refractivity contribution >= 4 is 17.6 Å². The standard InChI is InChI=1S/C29H29ClF3N3O2/c30-23-9-13-25(14-10-23)38-24-11-7-20(8-12-24)27(35-15-2-1-3-16-35)19-36-26(18-34-28(36)37)21-5-4-6-22(17-21)29(31,32)33/h4-14,17,26-27H,1-3,15-16,18-19H2,(H,34,37). The molecule has 0 aliphatic carbocycles. The van der Waals surface area contributed by atoms with Gasteiger partial charge in [-0.25, -0.2) is 4.79 Å². The molecule has 0 spiro atoms. The number of likely N-dealkylation sites (tertiary alicyclic amines) is 1. The molecule has 2 heterocycles. The molecule has 2 aliphatic heterocycles. The number of ether oxygens (including phenoxy) is 1. The highest BCUT2D eigenvalue weighted by atomic mass is 35.5. The number of nitrogens with zero attached hydrogens (tertiary/aromatic N) is 2.